The third kappa shape index (κ3) is 4.19. The number of fused-ring (bicyclic) bond motifs is 1. The number of nitrogens with one attached hydrogen (secondary N) is 1. The Kier molecular flexibility index (Phi) is 5.77. The zero-order valence-electron chi connectivity index (χ0n) is 18.6. The van der Waals surface area contributed by atoms with Crippen LogP contribution in [-0.4, -0.2) is 40.7 Å². The first-order chi connectivity index (χ1) is 16.0. The SMILES string of the molecule is CCOc1ccc(F)c(N2Cc3cnc(NC4CCC(N)CC4)nc3N(C3CC3)C2=O)c1F. The van der Waals surface area contributed by atoms with Gasteiger partial charge in [-0.1, -0.05) is 0 Å². The number of anilines is 3. The van der Waals surface area contributed by atoms with Gasteiger partial charge >= 0.3 is 6.03 Å². The van der Waals surface area contributed by atoms with Crippen LogP contribution < -0.4 is 25.6 Å². The fourth-order valence-corrected chi connectivity index (χ4v) is 4.57. The molecule has 2 fully saturated rings. The summed E-state index contributed by atoms with van der Waals surface area (Å²) in [5, 5.41) is 3.36. The Bertz CT molecular complexity index is 1060. The van der Waals surface area contributed by atoms with E-state index in [1.807, 2.05) is 0 Å². The molecule has 0 spiro atoms. The number of halogens is 2. The van der Waals surface area contributed by atoms with Crippen molar-refractivity contribution in [2.24, 2.45) is 5.73 Å². The van der Waals surface area contributed by atoms with Gasteiger partial charge in [-0.3, -0.25) is 9.80 Å². The predicted octanol–water partition coefficient (Wildman–Crippen LogP) is 3.94. The maximum absolute atomic E-state index is 15.1. The van der Waals surface area contributed by atoms with Crippen LogP contribution in [0.1, 0.15) is 51.0 Å². The van der Waals surface area contributed by atoms with Crippen LogP contribution in [-0.2, 0) is 6.54 Å². The third-order valence-electron chi connectivity index (χ3n) is 6.45. The van der Waals surface area contributed by atoms with E-state index in [2.05, 4.69) is 15.3 Å². The lowest BCUT2D eigenvalue weighted by molar-refractivity contribution is 0.249. The van der Waals surface area contributed by atoms with Crippen molar-refractivity contribution in [3.63, 3.8) is 0 Å². The largest absolute Gasteiger partial charge is 0.491 e. The summed E-state index contributed by atoms with van der Waals surface area (Å²) in [6.07, 6.45) is 7.04. The van der Waals surface area contributed by atoms with E-state index in [1.165, 1.54) is 6.07 Å². The van der Waals surface area contributed by atoms with Crippen LogP contribution in [0.25, 0.3) is 0 Å². The van der Waals surface area contributed by atoms with Crippen LogP contribution in [0.3, 0.4) is 0 Å². The number of aromatic nitrogens is 2. The minimum absolute atomic E-state index is 0.0284. The maximum Gasteiger partial charge on any atom is 0.330 e. The number of hydrogen-bond donors (Lipinski definition) is 2. The molecular weight excluding hydrogens is 430 g/mol. The second-order valence-electron chi connectivity index (χ2n) is 8.91. The Labute approximate surface area is 191 Å². The quantitative estimate of drug-likeness (QED) is 0.681. The highest BCUT2D eigenvalue weighted by Crippen LogP contribution is 2.41. The number of amides is 2. The smallest absolute Gasteiger partial charge is 0.330 e. The number of urea groups is 1. The highest BCUT2D eigenvalue weighted by atomic mass is 19.1. The zero-order valence-corrected chi connectivity index (χ0v) is 18.6. The normalized spacial score (nSPS) is 22.8. The molecule has 0 saturated heterocycles. The second kappa shape index (κ2) is 8.74. The van der Waals surface area contributed by atoms with Gasteiger partial charge in [-0.05, 0) is 57.6 Å². The van der Waals surface area contributed by atoms with E-state index in [9.17, 15) is 9.18 Å². The van der Waals surface area contributed by atoms with Crippen molar-refractivity contribution in [3.8, 4) is 5.75 Å². The van der Waals surface area contributed by atoms with E-state index in [-0.39, 0.29) is 37.0 Å². The Hall–Kier alpha value is -3.01. The van der Waals surface area contributed by atoms with Crippen molar-refractivity contribution >= 4 is 23.5 Å². The summed E-state index contributed by atoms with van der Waals surface area (Å²) >= 11 is 0. The molecule has 1 aliphatic heterocycles. The Morgan fingerprint density at radius 1 is 1.18 bits per heavy atom. The van der Waals surface area contributed by atoms with Gasteiger partial charge in [0.1, 0.15) is 17.3 Å². The lowest BCUT2D eigenvalue weighted by atomic mass is 9.92. The number of rotatable bonds is 6. The predicted molar refractivity (Wildman–Crippen MR) is 120 cm³/mol. The van der Waals surface area contributed by atoms with Gasteiger partial charge in [0.2, 0.25) is 5.95 Å². The minimum atomic E-state index is -0.890. The molecule has 2 saturated carbocycles. The molecule has 10 heteroatoms. The molecule has 33 heavy (non-hydrogen) atoms. The van der Waals surface area contributed by atoms with Gasteiger partial charge in [0.05, 0.1) is 13.2 Å². The van der Waals surface area contributed by atoms with Gasteiger partial charge in [0.15, 0.2) is 11.6 Å². The Morgan fingerprint density at radius 2 is 1.94 bits per heavy atom. The average molecular weight is 459 g/mol. The fourth-order valence-electron chi connectivity index (χ4n) is 4.57. The van der Waals surface area contributed by atoms with Gasteiger partial charge in [-0.2, -0.15) is 4.98 Å². The van der Waals surface area contributed by atoms with E-state index in [1.54, 1.807) is 18.0 Å². The molecule has 0 bridgehead atoms. The molecule has 8 nitrogen and oxygen atoms in total. The van der Waals surface area contributed by atoms with Crippen molar-refractivity contribution in [2.75, 3.05) is 21.7 Å². The number of ether oxygens (including phenoxy) is 1. The van der Waals surface area contributed by atoms with Crippen LogP contribution in [0.2, 0.25) is 0 Å². The summed E-state index contributed by atoms with van der Waals surface area (Å²) in [6, 6.07) is 2.28. The average Bonchev–Trinajstić information content (AvgIpc) is 3.63. The molecule has 0 unspecified atom stereocenters. The molecule has 5 rings (SSSR count). The van der Waals surface area contributed by atoms with Crippen molar-refractivity contribution in [3.05, 3.63) is 35.5 Å². The molecule has 2 aliphatic carbocycles. The molecule has 1 aromatic carbocycles. The molecular formula is C23H28F2N6O2. The van der Waals surface area contributed by atoms with Crippen molar-refractivity contribution < 1.29 is 18.3 Å². The molecule has 3 N–H and O–H groups in total. The number of nitrogens with zero attached hydrogens (tertiary/aromatic N) is 4. The van der Waals surface area contributed by atoms with Crippen LogP contribution in [0.15, 0.2) is 18.3 Å². The first-order valence-electron chi connectivity index (χ1n) is 11.6. The van der Waals surface area contributed by atoms with Crippen molar-refractivity contribution in [1.82, 2.24) is 9.97 Å². The fraction of sp³-hybridized carbons (Fsp3) is 0.522. The monoisotopic (exact) mass is 458 g/mol. The zero-order chi connectivity index (χ0) is 23.1. The number of carbonyl (C=O) groups is 1. The number of carbonyl (C=O) groups excluding carboxylic acids is 1. The summed E-state index contributed by atoms with van der Waals surface area (Å²) in [5.74, 6) is -0.840. The van der Waals surface area contributed by atoms with E-state index >= 15 is 4.39 Å². The standard InChI is InChI=1S/C23H28F2N6O2/c1-2-33-18-10-9-17(24)20(19(18)25)30-12-13-11-27-22(28-15-5-3-14(26)4-6-15)29-21(13)31(23(30)32)16-7-8-16/h9-11,14-16H,2-8,12,26H2,1H3,(H,27,28,29). The molecule has 0 atom stereocenters. The maximum atomic E-state index is 15.1. The van der Waals surface area contributed by atoms with Gasteiger partial charge in [-0.15, -0.1) is 0 Å². The first-order valence-corrected chi connectivity index (χ1v) is 11.6. The summed E-state index contributed by atoms with van der Waals surface area (Å²) < 4.78 is 35.1. The molecule has 3 aliphatic rings. The van der Waals surface area contributed by atoms with Crippen LogP contribution >= 0.6 is 0 Å². The highest BCUT2D eigenvalue weighted by molar-refractivity contribution is 6.06. The number of benzene rings is 1. The summed E-state index contributed by atoms with van der Waals surface area (Å²) in [7, 11) is 0. The van der Waals surface area contributed by atoms with E-state index in [0.29, 0.717) is 17.3 Å². The molecule has 2 aromatic rings. The van der Waals surface area contributed by atoms with Crippen molar-refractivity contribution in [1.29, 1.82) is 0 Å². The van der Waals surface area contributed by atoms with Gasteiger partial charge in [0.25, 0.3) is 0 Å². The minimum Gasteiger partial charge on any atom is -0.491 e. The lowest BCUT2D eigenvalue weighted by Gasteiger charge is -2.36. The first kappa shape index (κ1) is 21.8. The van der Waals surface area contributed by atoms with E-state index < -0.39 is 23.4 Å². The van der Waals surface area contributed by atoms with Gasteiger partial charge in [-0.25, -0.2) is 18.6 Å². The van der Waals surface area contributed by atoms with Gasteiger partial charge < -0.3 is 15.8 Å². The summed E-state index contributed by atoms with van der Waals surface area (Å²) in [4.78, 5) is 25.2. The number of hydrogen-bond acceptors (Lipinski definition) is 6. The Morgan fingerprint density at radius 3 is 2.64 bits per heavy atom. The topological polar surface area (TPSA) is 96.6 Å². The van der Waals surface area contributed by atoms with E-state index in [0.717, 1.165) is 49.5 Å². The summed E-state index contributed by atoms with van der Waals surface area (Å²) in [5.41, 5.74) is 6.22. The van der Waals surface area contributed by atoms with Gasteiger partial charge in [0, 0.05) is 29.9 Å². The van der Waals surface area contributed by atoms with E-state index in [4.69, 9.17) is 10.5 Å². The molecule has 1 aromatic heterocycles. The lowest BCUT2D eigenvalue weighted by Crippen LogP contribution is -2.49. The molecule has 0 radical (unpaired) electrons. The van der Waals surface area contributed by atoms with Crippen LogP contribution in [0.5, 0.6) is 5.75 Å². The number of nitrogens with two attached hydrogens (primary N) is 1. The highest BCUT2D eigenvalue weighted by Gasteiger charge is 2.43. The van der Waals surface area contributed by atoms with Crippen LogP contribution in [0.4, 0.5) is 31.0 Å². The van der Waals surface area contributed by atoms with Crippen LogP contribution in [0, 0.1) is 11.6 Å². The second-order valence-corrected chi connectivity index (χ2v) is 8.91. The van der Waals surface area contributed by atoms with Crippen molar-refractivity contribution in [2.45, 2.75) is 70.1 Å². The Balaban J connectivity index is 1.47. The third-order valence-corrected chi connectivity index (χ3v) is 6.45. The molecule has 176 valence electrons. The summed E-state index contributed by atoms with van der Waals surface area (Å²) in [6.45, 7) is 1.91. The molecule has 2 heterocycles. The molecule has 2 amide bonds.